The quantitative estimate of drug-likeness (QED) is 0.828. The van der Waals surface area contributed by atoms with Crippen LogP contribution in [0.1, 0.15) is 25.7 Å². The topological polar surface area (TPSA) is 24.9 Å². The zero-order chi connectivity index (χ0) is 11.4. The van der Waals surface area contributed by atoms with Crippen molar-refractivity contribution in [2.24, 2.45) is 5.41 Å². The van der Waals surface area contributed by atoms with E-state index in [2.05, 4.69) is 10.3 Å². The van der Waals surface area contributed by atoms with Crippen molar-refractivity contribution in [1.29, 1.82) is 0 Å². The summed E-state index contributed by atoms with van der Waals surface area (Å²) in [5, 5.41) is 4.06. The Hall–Kier alpha value is -0.470. The van der Waals surface area contributed by atoms with Gasteiger partial charge in [-0.05, 0) is 18.9 Å². The Kier molecular flexibility index (Phi) is 3.93. The van der Waals surface area contributed by atoms with Gasteiger partial charge >= 0.3 is 0 Å². The maximum absolute atomic E-state index is 6.09. The van der Waals surface area contributed by atoms with Gasteiger partial charge < -0.3 is 5.32 Å². The summed E-state index contributed by atoms with van der Waals surface area (Å²) in [5.41, 5.74) is 1.21. The minimum absolute atomic E-state index is 0.258. The third-order valence-corrected chi connectivity index (χ3v) is 4.24. The van der Waals surface area contributed by atoms with Gasteiger partial charge in [-0.2, -0.15) is 0 Å². The third-order valence-electron chi connectivity index (χ3n) is 3.37. The van der Waals surface area contributed by atoms with Crippen molar-refractivity contribution in [2.75, 3.05) is 17.7 Å². The Balaban J connectivity index is 1.98. The van der Waals surface area contributed by atoms with Crippen LogP contribution in [0.15, 0.2) is 18.5 Å². The first-order valence-electron chi connectivity index (χ1n) is 5.65. The lowest BCUT2D eigenvalue weighted by atomic mass is 9.88. The molecule has 2 rings (SSSR count). The van der Waals surface area contributed by atoms with Crippen LogP contribution in [0.25, 0.3) is 0 Å². The van der Waals surface area contributed by atoms with E-state index in [4.69, 9.17) is 23.2 Å². The van der Waals surface area contributed by atoms with Gasteiger partial charge in [-0.3, -0.25) is 4.98 Å². The molecule has 0 atom stereocenters. The fraction of sp³-hybridized carbons (Fsp3) is 0.583. The summed E-state index contributed by atoms with van der Waals surface area (Å²) in [5.74, 6) is 0.725. The van der Waals surface area contributed by atoms with E-state index in [9.17, 15) is 0 Å². The summed E-state index contributed by atoms with van der Waals surface area (Å²) in [6, 6.07) is 1.90. The highest BCUT2D eigenvalue weighted by Gasteiger charge is 2.32. The van der Waals surface area contributed by atoms with Crippen molar-refractivity contribution in [3.05, 3.63) is 23.5 Å². The first-order valence-corrected chi connectivity index (χ1v) is 6.56. The molecule has 1 aliphatic carbocycles. The predicted octanol–water partition coefficient (Wildman–Crippen LogP) is 3.95. The summed E-state index contributed by atoms with van der Waals surface area (Å²) >= 11 is 12.1. The van der Waals surface area contributed by atoms with E-state index < -0.39 is 0 Å². The lowest BCUT2D eigenvalue weighted by Gasteiger charge is -2.27. The molecule has 1 saturated carbocycles. The largest absolute Gasteiger partial charge is 0.383 e. The summed E-state index contributed by atoms with van der Waals surface area (Å²) < 4.78 is 0. The minimum atomic E-state index is 0.258. The molecular formula is C12H16Cl2N2. The van der Waals surface area contributed by atoms with E-state index in [1.807, 2.05) is 6.07 Å². The molecule has 2 nitrogen and oxygen atoms in total. The zero-order valence-electron chi connectivity index (χ0n) is 9.18. The first-order chi connectivity index (χ1) is 7.76. The first kappa shape index (κ1) is 12.0. The fourth-order valence-electron chi connectivity index (χ4n) is 2.28. The summed E-state index contributed by atoms with van der Waals surface area (Å²) in [6.07, 6.45) is 8.41. The van der Waals surface area contributed by atoms with Gasteiger partial charge in [-0.1, -0.05) is 24.4 Å². The van der Waals surface area contributed by atoms with E-state index in [1.165, 1.54) is 25.7 Å². The van der Waals surface area contributed by atoms with Crippen molar-refractivity contribution in [1.82, 2.24) is 4.98 Å². The molecule has 0 spiro atoms. The van der Waals surface area contributed by atoms with Crippen molar-refractivity contribution < 1.29 is 0 Å². The Bertz CT molecular complexity index is 349. The molecule has 1 aromatic rings. The monoisotopic (exact) mass is 258 g/mol. The zero-order valence-corrected chi connectivity index (χ0v) is 10.7. The van der Waals surface area contributed by atoms with Crippen LogP contribution in [-0.4, -0.2) is 17.4 Å². The van der Waals surface area contributed by atoms with E-state index >= 15 is 0 Å². The second-order valence-corrected chi connectivity index (χ2v) is 5.22. The third kappa shape index (κ3) is 2.61. The second kappa shape index (κ2) is 5.24. The highest BCUT2D eigenvalue weighted by atomic mass is 35.5. The molecule has 0 aliphatic heterocycles. The van der Waals surface area contributed by atoms with Gasteiger partial charge in [-0.25, -0.2) is 0 Å². The van der Waals surface area contributed by atoms with Crippen LogP contribution in [0.2, 0.25) is 5.02 Å². The predicted molar refractivity (Wildman–Crippen MR) is 69.4 cm³/mol. The van der Waals surface area contributed by atoms with Crippen molar-refractivity contribution >= 4 is 28.9 Å². The number of anilines is 1. The van der Waals surface area contributed by atoms with Gasteiger partial charge in [0.2, 0.25) is 0 Å². The molecule has 4 heteroatoms. The van der Waals surface area contributed by atoms with Gasteiger partial charge in [0, 0.05) is 30.2 Å². The molecule has 0 amide bonds. The van der Waals surface area contributed by atoms with E-state index in [-0.39, 0.29) is 5.41 Å². The molecule has 1 heterocycles. The second-order valence-electron chi connectivity index (χ2n) is 4.55. The van der Waals surface area contributed by atoms with Crippen molar-refractivity contribution in [3.63, 3.8) is 0 Å². The molecule has 0 saturated heterocycles. The van der Waals surface area contributed by atoms with Crippen molar-refractivity contribution in [2.45, 2.75) is 25.7 Å². The summed E-state index contributed by atoms with van der Waals surface area (Å²) in [4.78, 5) is 3.96. The van der Waals surface area contributed by atoms with Gasteiger partial charge in [0.05, 0.1) is 10.7 Å². The maximum atomic E-state index is 6.09. The fourth-order valence-corrected chi connectivity index (χ4v) is 2.83. The number of alkyl halides is 1. The number of halogens is 2. The average Bonchev–Trinajstić information content (AvgIpc) is 2.78. The molecular weight excluding hydrogens is 243 g/mol. The number of nitrogens with one attached hydrogen (secondary N) is 1. The highest BCUT2D eigenvalue weighted by molar-refractivity contribution is 6.33. The lowest BCUT2D eigenvalue weighted by molar-refractivity contribution is 0.368. The Morgan fingerprint density at radius 3 is 2.75 bits per heavy atom. The molecule has 1 aliphatic rings. The maximum Gasteiger partial charge on any atom is 0.0820 e. The molecule has 1 N–H and O–H groups in total. The van der Waals surface area contributed by atoms with Crippen LogP contribution in [0, 0.1) is 5.41 Å². The van der Waals surface area contributed by atoms with Crippen LogP contribution in [0.3, 0.4) is 0 Å². The van der Waals surface area contributed by atoms with E-state index in [0.29, 0.717) is 5.02 Å². The lowest BCUT2D eigenvalue weighted by Crippen LogP contribution is -2.28. The molecule has 0 aromatic carbocycles. The molecule has 1 fully saturated rings. The number of hydrogen-bond acceptors (Lipinski definition) is 2. The number of hydrogen-bond donors (Lipinski definition) is 1. The molecule has 0 unspecified atom stereocenters. The molecule has 0 radical (unpaired) electrons. The molecule has 16 heavy (non-hydrogen) atoms. The number of aromatic nitrogens is 1. The van der Waals surface area contributed by atoms with Crippen LogP contribution >= 0.6 is 23.2 Å². The molecule has 88 valence electrons. The molecule has 0 bridgehead atoms. The average molecular weight is 259 g/mol. The van der Waals surface area contributed by atoms with Gasteiger partial charge in [0.15, 0.2) is 0 Å². The number of pyridine rings is 1. The van der Waals surface area contributed by atoms with Crippen LogP contribution in [0.5, 0.6) is 0 Å². The Morgan fingerprint density at radius 2 is 2.12 bits per heavy atom. The van der Waals surface area contributed by atoms with Crippen LogP contribution in [-0.2, 0) is 0 Å². The highest BCUT2D eigenvalue weighted by Crippen LogP contribution is 2.39. The van der Waals surface area contributed by atoms with Crippen molar-refractivity contribution in [3.8, 4) is 0 Å². The van der Waals surface area contributed by atoms with Crippen LogP contribution in [0.4, 0.5) is 5.69 Å². The van der Waals surface area contributed by atoms with Gasteiger partial charge in [-0.15, -0.1) is 11.6 Å². The normalized spacial score (nSPS) is 18.6. The summed E-state index contributed by atoms with van der Waals surface area (Å²) in [7, 11) is 0. The van der Waals surface area contributed by atoms with Gasteiger partial charge in [0.25, 0.3) is 0 Å². The number of nitrogens with zero attached hydrogens (tertiary/aromatic N) is 1. The smallest absolute Gasteiger partial charge is 0.0820 e. The van der Waals surface area contributed by atoms with E-state index in [1.54, 1.807) is 12.4 Å². The standard InChI is InChI=1S/C12H16Cl2N2/c13-8-12(4-1-2-5-12)9-16-11-3-6-15-7-10(11)14/h3,6-7H,1-2,4-5,8-9H2,(H,15,16). The Morgan fingerprint density at radius 1 is 1.38 bits per heavy atom. The van der Waals surface area contributed by atoms with E-state index in [0.717, 1.165) is 18.1 Å². The Labute approximate surface area is 106 Å². The van der Waals surface area contributed by atoms with Crippen LogP contribution < -0.4 is 5.32 Å². The number of rotatable bonds is 4. The minimum Gasteiger partial charge on any atom is -0.383 e. The molecule has 1 aromatic heterocycles. The summed E-state index contributed by atoms with van der Waals surface area (Å²) in [6.45, 7) is 0.903. The van der Waals surface area contributed by atoms with Gasteiger partial charge in [0.1, 0.15) is 0 Å². The SMILES string of the molecule is ClCC1(CNc2ccncc2Cl)CCCC1.